The number of carbonyl (C=O) groups excluding carboxylic acids is 1. The quantitative estimate of drug-likeness (QED) is 0.824. The molecule has 0 aliphatic rings. The van der Waals surface area contributed by atoms with Crippen LogP contribution in [-0.4, -0.2) is 16.6 Å². The van der Waals surface area contributed by atoms with Crippen molar-refractivity contribution < 1.29 is 9.90 Å². The molecule has 3 nitrogen and oxygen atoms in total. The van der Waals surface area contributed by atoms with E-state index < -0.39 is 0 Å². The second-order valence-corrected chi connectivity index (χ2v) is 4.71. The Morgan fingerprint density at radius 2 is 2.06 bits per heavy atom. The zero-order valence-corrected chi connectivity index (χ0v) is 10.3. The molecule has 1 aromatic rings. The van der Waals surface area contributed by atoms with E-state index in [2.05, 4.69) is 5.32 Å². The third-order valence-corrected chi connectivity index (χ3v) is 2.73. The second-order valence-electron chi connectivity index (χ2n) is 4.71. The number of benzene rings is 1. The smallest absolute Gasteiger partial charge is 0.255 e. The minimum absolute atomic E-state index is 0.0319. The molecular weight excluding hydrogens is 202 g/mol. The molecule has 16 heavy (non-hydrogen) atoms. The highest BCUT2D eigenvalue weighted by Crippen LogP contribution is 2.19. The largest absolute Gasteiger partial charge is 0.507 e. The Kier molecular flexibility index (Phi) is 3.58. The van der Waals surface area contributed by atoms with Crippen LogP contribution >= 0.6 is 0 Å². The van der Waals surface area contributed by atoms with Gasteiger partial charge in [-0.2, -0.15) is 0 Å². The molecule has 1 aromatic carbocycles. The monoisotopic (exact) mass is 221 g/mol. The lowest BCUT2D eigenvalue weighted by Crippen LogP contribution is -2.42. The topological polar surface area (TPSA) is 49.3 Å². The van der Waals surface area contributed by atoms with Gasteiger partial charge in [-0.1, -0.05) is 13.0 Å². The van der Waals surface area contributed by atoms with E-state index in [0.717, 1.165) is 12.0 Å². The molecule has 0 unspecified atom stereocenters. The summed E-state index contributed by atoms with van der Waals surface area (Å²) in [6.07, 6.45) is 0.839. The van der Waals surface area contributed by atoms with E-state index in [4.69, 9.17) is 0 Å². The van der Waals surface area contributed by atoms with Gasteiger partial charge in [-0.15, -0.1) is 0 Å². The predicted octanol–water partition coefficient (Wildman–Crippen LogP) is 2.62. The SMILES string of the molecule is CCC(C)(C)NC(=O)c1ccc(C)cc1O. The van der Waals surface area contributed by atoms with Crippen molar-refractivity contribution in [1.82, 2.24) is 5.32 Å². The summed E-state index contributed by atoms with van der Waals surface area (Å²) >= 11 is 0. The zero-order valence-electron chi connectivity index (χ0n) is 10.3. The van der Waals surface area contributed by atoms with E-state index in [1.165, 1.54) is 0 Å². The Labute approximate surface area is 96.5 Å². The fourth-order valence-corrected chi connectivity index (χ4v) is 1.30. The molecule has 1 rings (SSSR count). The maximum absolute atomic E-state index is 11.9. The molecule has 1 amide bonds. The Balaban J connectivity index is 2.89. The standard InChI is InChI=1S/C13H19NO2/c1-5-13(3,4)14-12(16)10-7-6-9(2)8-11(10)15/h6-8,15H,5H2,1-4H3,(H,14,16). The van der Waals surface area contributed by atoms with E-state index >= 15 is 0 Å². The Morgan fingerprint density at radius 1 is 1.44 bits per heavy atom. The Morgan fingerprint density at radius 3 is 2.56 bits per heavy atom. The van der Waals surface area contributed by atoms with Crippen LogP contribution in [0.2, 0.25) is 0 Å². The first-order valence-corrected chi connectivity index (χ1v) is 5.48. The molecule has 0 fully saturated rings. The molecule has 0 bridgehead atoms. The average molecular weight is 221 g/mol. The van der Waals surface area contributed by atoms with E-state index in [1.807, 2.05) is 33.8 Å². The molecule has 0 spiro atoms. The third kappa shape index (κ3) is 2.99. The molecular formula is C13H19NO2. The van der Waals surface area contributed by atoms with Crippen LogP contribution in [0, 0.1) is 6.92 Å². The molecule has 0 heterocycles. The Bertz CT molecular complexity index is 397. The fourth-order valence-electron chi connectivity index (χ4n) is 1.30. The maximum atomic E-state index is 11.9. The van der Waals surface area contributed by atoms with E-state index in [1.54, 1.807) is 12.1 Å². The lowest BCUT2D eigenvalue weighted by atomic mass is 10.0. The number of amides is 1. The highest BCUT2D eigenvalue weighted by Gasteiger charge is 2.20. The van der Waals surface area contributed by atoms with Gasteiger partial charge in [0.2, 0.25) is 0 Å². The van der Waals surface area contributed by atoms with Crippen molar-refractivity contribution in [2.75, 3.05) is 0 Å². The maximum Gasteiger partial charge on any atom is 0.255 e. The van der Waals surface area contributed by atoms with E-state index in [-0.39, 0.29) is 17.2 Å². The summed E-state index contributed by atoms with van der Waals surface area (Å²) in [5.41, 5.74) is 1.00. The average Bonchev–Trinajstić information content (AvgIpc) is 2.16. The number of phenols is 1. The van der Waals surface area contributed by atoms with Crippen LogP contribution in [0.3, 0.4) is 0 Å². The van der Waals surface area contributed by atoms with Gasteiger partial charge in [-0.3, -0.25) is 4.79 Å². The van der Waals surface area contributed by atoms with Gasteiger partial charge in [0.15, 0.2) is 0 Å². The summed E-state index contributed by atoms with van der Waals surface area (Å²) in [5, 5.41) is 12.6. The van der Waals surface area contributed by atoms with Crippen molar-refractivity contribution in [3.8, 4) is 5.75 Å². The molecule has 0 atom stereocenters. The van der Waals surface area contributed by atoms with Crippen LogP contribution < -0.4 is 5.32 Å². The number of phenolic OH excluding ortho intramolecular Hbond substituents is 1. The first-order chi connectivity index (χ1) is 7.35. The lowest BCUT2D eigenvalue weighted by molar-refractivity contribution is 0.0908. The molecule has 0 radical (unpaired) electrons. The molecule has 0 aliphatic heterocycles. The molecule has 0 saturated heterocycles. The van der Waals surface area contributed by atoms with Crippen molar-refractivity contribution in [2.45, 2.75) is 39.7 Å². The van der Waals surface area contributed by atoms with Crippen LogP contribution in [0.25, 0.3) is 0 Å². The van der Waals surface area contributed by atoms with Gasteiger partial charge >= 0.3 is 0 Å². The molecule has 0 aromatic heterocycles. The van der Waals surface area contributed by atoms with Gasteiger partial charge < -0.3 is 10.4 Å². The highest BCUT2D eigenvalue weighted by molar-refractivity contribution is 5.97. The van der Waals surface area contributed by atoms with Gasteiger partial charge in [0.05, 0.1) is 5.56 Å². The third-order valence-electron chi connectivity index (χ3n) is 2.73. The van der Waals surface area contributed by atoms with Gasteiger partial charge in [0.1, 0.15) is 5.75 Å². The molecule has 0 saturated carbocycles. The van der Waals surface area contributed by atoms with Gasteiger partial charge in [-0.05, 0) is 44.9 Å². The first kappa shape index (κ1) is 12.6. The van der Waals surface area contributed by atoms with Crippen molar-refractivity contribution in [3.63, 3.8) is 0 Å². The van der Waals surface area contributed by atoms with Gasteiger partial charge in [0, 0.05) is 5.54 Å². The number of carbonyl (C=O) groups is 1. The second kappa shape index (κ2) is 4.56. The summed E-state index contributed by atoms with van der Waals surface area (Å²) in [4.78, 5) is 11.9. The number of rotatable bonds is 3. The highest BCUT2D eigenvalue weighted by atomic mass is 16.3. The number of aromatic hydroxyl groups is 1. The van der Waals surface area contributed by atoms with Gasteiger partial charge in [-0.25, -0.2) is 0 Å². The minimum atomic E-state index is -0.256. The van der Waals surface area contributed by atoms with Crippen LogP contribution in [0.4, 0.5) is 0 Å². The lowest BCUT2D eigenvalue weighted by Gasteiger charge is -2.24. The van der Waals surface area contributed by atoms with Crippen molar-refractivity contribution in [3.05, 3.63) is 29.3 Å². The van der Waals surface area contributed by atoms with E-state index in [0.29, 0.717) is 5.56 Å². The van der Waals surface area contributed by atoms with Crippen molar-refractivity contribution in [2.24, 2.45) is 0 Å². The zero-order chi connectivity index (χ0) is 12.3. The summed E-state index contributed by atoms with van der Waals surface area (Å²) in [7, 11) is 0. The number of nitrogens with one attached hydrogen (secondary N) is 1. The fraction of sp³-hybridized carbons (Fsp3) is 0.462. The normalized spacial score (nSPS) is 11.2. The van der Waals surface area contributed by atoms with Crippen molar-refractivity contribution >= 4 is 5.91 Å². The van der Waals surface area contributed by atoms with E-state index in [9.17, 15) is 9.90 Å². The molecule has 2 N–H and O–H groups in total. The van der Waals surface area contributed by atoms with Crippen molar-refractivity contribution in [1.29, 1.82) is 0 Å². The summed E-state index contributed by atoms with van der Waals surface area (Å²) in [5.74, 6) is -0.200. The summed E-state index contributed by atoms with van der Waals surface area (Å²) in [6.45, 7) is 7.79. The van der Waals surface area contributed by atoms with Crippen LogP contribution in [0.15, 0.2) is 18.2 Å². The molecule has 88 valence electrons. The van der Waals surface area contributed by atoms with Gasteiger partial charge in [0.25, 0.3) is 5.91 Å². The van der Waals surface area contributed by atoms with Crippen LogP contribution in [0.5, 0.6) is 5.75 Å². The Hall–Kier alpha value is -1.51. The van der Waals surface area contributed by atoms with Crippen LogP contribution in [-0.2, 0) is 0 Å². The number of hydrogen-bond donors (Lipinski definition) is 2. The molecule has 3 heteroatoms. The number of hydrogen-bond acceptors (Lipinski definition) is 2. The first-order valence-electron chi connectivity index (χ1n) is 5.48. The number of aryl methyl sites for hydroxylation is 1. The predicted molar refractivity (Wildman–Crippen MR) is 64.7 cm³/mol. The molecule has 0 aliphatic carbocycles. The van der Waals surface area contributed by atoms with Crippen LogP contribution in [0.1, 0.15) is 43.1 Å². The summed E-state index contributed by atoms with van der Waals surface area (Å²) in [6, 6.07) is 5.05. The minimum Gasteiger partial charge on any atom is -0.507 e. The summed E-state index contributed by atoms with van der Waals surface area (Å²) < 4.78 is 0.